The van der Waals surface area contributed by atoms with Gasteiger partial charge in [0.2, 0.25) is 0 Å². The highest BCUT2D eigenvalue weighted by Crippen LogP contribution is 2.34. The van der Waals surface area contributed by atoms with Crippen LogP contribution in [-0.2, 0) is 11.3 Å². The number of pyridine rings is 1. The smallest absolute Gasteiger partial charge is 0.330 e. The fraction of sp³-hybridized carbons (Fsp3) is 0.500. The van der Waals surface area contributed by atoms with Crippen molar-refractivity contribution in [3.63, 3.8) is 0 Å². The quantitative estimate of drug-likeness (QED) is 0.648. The number of benzene rings is 1. The van der Waals surface area contributed by atoms with Gasteiger partial charge >= 0.3 is 6.92 Å². The fourth-order valence-electron chi connectivity index (χ4n) is 2.51. The first kappa shape index (κ1) is 20.5. The van der Waals surface area contributed by atoms with Crippen LogP contribution in [0.4, 0.5) is 0 Å². The summed E-state index contributed by atoms with van der Waals surface area (Å²) >= 11 is 0. The van der Waals surface area contributed by atoms with E-state index in [2.05, 4.69) is 65.6 Å². The summed E-state index contributed by atoms with van der Waals surface area (Å²) in [6.07, 6.45) is 1.78. The topological polar surface area (TPSA) is 31.4 Å². The third kappa shape index (κ3) is 5.34. The van der Waals surface area contributed by atoms with E-state index in [0.717, 1.165) is 16.9 Å². The SMILES string of the molecule is CC(C)B(OC(C)(C)C(C)(C)C)c1cccc(OCc2ccccn2)c1. The van der Waals surface area contributed by atoms with Crippen LogP contribution in [-0.4, -0.2) is 17.5 Å². The summed E-state index contributed by atoms with van der Waals surface area (Å²) < 4.78 is 12.5. The lowest BCUT2D eigenvalue weighted by Gasteiger charge is -2.42. The summed E-state index contributed by atoms with van der Waals surface area (Å²) in [5.41, 5.74) is 1.87. The lowest BCUT2D eigenvalue weighted by atomic mass is 9.51. The van der Waals surface area contributed by atoms with Crippen molar-refractivity contribution in [2.24, 2.45) is 5.41 Å². The molecule has 0 aliphatic rings. The molecule has 0 N–H and O–H groups in total. The van der Waals surface area contributed by atoms with E-state index in [1.807, 2.05) is 30.3 Å². The molecule has 0 radical (unpaired) electrons. The number of nitrogens with zero attached hydrogens (tertiary/aromatic N) is 1. The van der Waals surface area contributed by atoms with Gasteiger partial charge in [-0.1, -0.05) is 52.8 Å². The van der Waals surface area contributed by atoms with Crippen molar-refractivity contribution in [2.75, 3.05) is 0 Å². The van der Waals surface area contributed by atoms with Gasteiger partial charge in [-0.2, -0.15) is 0 Å². The predicted molar refractivity (Wildman–Crippen MR) is 110 cm³/mol. The number of hydrogen-bond acceptors (Lipinski definition) is 3. The van der Waals surface area contributed by atoms with E-state index in [1.54, 1.807) is 6.20 Å². The highest BCUT2D eigenvalue weighted by Gasteiger charge is 2.38. The number of ether oxygens (including phenoxy) is 1. The second-order valence-corrected chi connectivity index (χ2v) is 8.73. The zero-order valence-corrected chi connectivity index (χ0v) is 17.2. The Morgan fingerprint density at radius 1 is 1.00 bits per heavy atom. The van der Waals surface area contributed by atoms with Crippen molar-refractivity contribution in [1.29, 1.82) is 0 Å². The van der Waals surface area contributed by atoms with Gasteiger partial charge in [0.15, 0.2) is 0 Å². The Hall–Kier alpha value is -1.81. The first-order valence-corrected chi connectivity index (χ1v) is 9.40. The minimum absolute atomic E-state index is 0.0163. The normalized spacial score (nSPS) is 12.3. The summed E-state index contributed by atoms with van der Waals surface area (Å²) in [5, 5.41) is 0. The number of hydrogen-bond donors (Lipinski definition) is 0. The van der Waals surface area contributed by atoms with Crippen LogP contribution in [0.2, 0.25) is 5.82 Å². The molecule has 1 aromatic heterocycles. The summed E-state index contributed by atoms with van der Waals surface area (Å²) in [5.74, 6) is 1.21. The Kier molecular flexibility index (Phi) is 6.51. The van der Waals surface area contributed by atoms with E-state index in [4.69, 9.17) is 9.39 Å². The molecule has 0 saturated carbocycles. The molecule has 2 aromatic rings. The van der Waals surface area contributed by atoms with Crippen molar-refractivity contribution >= 4 is 12.4 Å². The van der Waals surface area contributed by atoms with Crippen LogP contribution in [0.15, 0.2) is 48.7 Å². The van der Waals surface area contributed by atoms with E-state index in [9.17, 15) is 0 Å². The van der Waals surface area contributed by atoms with Gasteiger partial charge in [0.05, 0.1) is 11.3 Å². The maximum absolute atomic E-state index is 6.60. The zero-order chi connectivity index (χ0) is 19.4. The Bertz CT molecular complexity index is 693. The van der Waals surface area contributed by atoms with Crippen LogP contribution in [0, 0.1) is 5.41 Å². The van der Waals surface area contributed by atoms with Gasteiger partial charge in [-0.05, 0) is 54.8 Å². The molecule has 3 nitrogen and oxygen atoms in total. The molecule has 140 valence electrons. The van der Waals surface area contributed by atoms with E-state index in [0.29, 0.717) is 12.4 Å². The number of rotatable bonds is 7. The minimum atomic E-state index is -0.243. The van der Waals surface area contributed by atoms with Crippen LogP contribution in [0.3, 0.4) is 0 Å². The van der Waals surface area contributed by atoms with Crippen LogP contribution >= 0.6 is 0 Å². The van der Waals surface area contributed by atoms with Gasteiger partial charge in [-0.15, -0.1) is 0 Å². The van der Waals surface area contributed by atoms with Gasteiger partial charge in [-0.25, -0.2) is 0 Å². The largest absolute Gasteiger partial charge is 0.487 e. The Morgan fingerprint density at radius 2 is 1.73 bits per heavy atom. The van der Waals surface area contributed by atoms with E-state index in [1.165, 1.54) is 0 Å². The first-order valence-electron chi connectivity index (χ1n) is 9.40. The van der Waals surface area contributed by atoms with E-state index >= 15 is 0 Å². The average molecular weight is 353 g/mol. The lowest BCUT2D eigenvalue weighted by molar-refractivity contribution is -0.00174. The highest BCUT2D eigenvalue weighted by atomic mass is 16.5. The monoisotopic (exact) mass is 353 g/mol. The molecule has 0 unspecified atom stereocenters. The molecule has 0 aliphatic heterocycles. The molecule has 0 saturated heterocycles. The van der Waals surface area contributed by atoms with E-state index in [-0.39, 0.29) is 17.9 Å². The lowest BCUT2D eigenvalue weighted by Crippen LogP contribution is -2.49. The predicted octanol–water partition coefficient (Wildman–Crippen LogP) is 5.11. The Morgan fingerprint density at radius 3 is 2.31 bits per heavy atom. The van der Waals surface area contributed by atoms with Crippen LogP contribution < -0.4 is 10.2 Å². The molecule has 0 atom stereocenters. The fourth-order valence-corrected chi connectivity index (χ4v) is 2.51. The van der Waals surface area contributed by atoms with Crippen molar-refractivity contribution in [3.05, 3.63) is 54.4 Å². The van der Waals surface area contributed by atoms with Crippen LogP contribution in [0.5, 0.6) is 5.75 Å². The average Bonchev–Trinajstić information content (AvgIpc) is 2.58. The van der Waals surface area contributed by atoms with Gasteiger partial charge in [-0.3, -0.25) is 4.98 Å². The molecule has 0 bridgehead atoms. The second kappa shape index (κ2) is 8.26. The summed E-state index contributed by atoms with van der Waals surface area (Å²) in [4.78, 5) is 4.31. The minimum Gasteiger partial charge on any atom is -0.487 e. The number of aromatic nitrogens is 1. The Balaban J connectivity index is 2.16. The summed E-state index contributed by atoms with van der Waals surface area (Å²) in [7, 11) is 0. The first-order chi connectivity index (χ1) is 12.1. The maximum atomic E-state index is 6.60. The third-order valence-corrected chi connectivity index (χ3v) is 5.13. The van der Waals surface area contributed by atoms with Crippen molar-refractivity contribution in [2.45, 2.75) is 66.5 Å². The zero-order valence-electron chi connectivity index (χ0n) is 17.2. The molecule has 2 rings (SSSR count). The Labute approximate surface area is 159 Å². The molecule has 0 spiro atoms. The molecule has 1 aromatic carbocycles. The van der Waals surface area contributed by atoms with Crippen LogP contribution in [0.1, 0.15) is 54.2 Å². The van der Waals surface area contributed by atoms with Crippen LogP contribution in [0.25, 0.3) is 0 Å². The van der Waals surface area contributed by atoms with E-state index < -0.39 is 0 Å². The molecular formula is C22H32BNO2. The van der Waals surface area contributed by atoms with Crippen molar-refractivity contribution < 1.29 is 9.39 Å². The molecule has 0 aliphatic carbocycles. The maximum Gasteiger partial charge on any atom is 0.330 e. The van der Waals surface area contributed by atoms with Gasteiger partial charge in [0, 0.05) is 6.20 Å². The van der Waals surface area contributed by atoms with Gasteiger partial charge in [0.1, 0.15) is 12.4 Å². The van der Waals surface area contributed by atoms with Crippen molar-refractivity contribution in [3.8, 4) is 5.75 Å². The third-order valence-electron chi connectivity index (χ3n) is 5.13. The molecule has 4 heteroatoms. The van der Waals surface area contributed by atoms with Crippen molar-refractivity contribution in [1.82, 2.24) is 4.98 Å². The van der Waals surface area contributed by atoms with Gasteiger partial charge < -0.3 is 9.39 Å². The molecule has 1 heterocycles. The molecule has 0 amide bonds. The molecule has 0 fully saturated rings. The standard InChI is InChI=1S/C22H32BNO2/c1-17(2)23(26-22(6,7)21(3,4)5)18-11-10-13-20(15-18)25-16-19-12-8-9-14-24-19/h8-15,17H,16H2,1-7H3. The highest BCUT2D eigenvalue weighted by molar-refractivity contribution is 6.68. The molecule has 26 heavy (non-hydrogen) atoms. The molecular weight excluding hydrogens is 321 g/mol. The summed E-state index contributed by atoms with van der Waals surface area (Å²) in [6, 6.07) is 14.1. The summed E-state index contributed by atoms with van der Waals surface area (Å²) in [6.45, 7) is 15.9. The second-order valence-electron chi connectivity index (χ2n) is 8.73. The van der Waals surface area contributed by atoms with Gasteiger partial charge in [0.25, 0.3) is 0 Å².